The Morgan fingerprint density at radius 1 is 1.26 bits per heavy atom. The molecule has 0 unspecified atom stereocenters. The number of pyridine rings is 1. The zero-order valence-corrected chi connectivity index (χ0v) is 14.4. The molecule has 4 heteroatoms. The molecule has 1 rings (SSSR count). The van der Waals surface area contributed by atoms with Gasteiger partial charge < -0.3 is 9.33 Å². The van der Waals surface area contributed by atoms with Crippen molar-refractivity contribution in [3.05, 3.63) is 23.9 Å². The second-order valence-electron chi connectivity index (χ2n) is 6.72. The van der Waals surface area contributed by atoms with Gasteiger partial charge in [0.1, 0.15) is 5.82 Å². The molecular formula is C15H28N2OSi. The molecule has 3 nitrogen and oxygen atoms in total. The summed E-state index contributed by atoms with van der Waals surface area (Å²) in [5, 5.41) is 0.272. The highest BCUT2D eigenvalue weighted by molar-refractivity contribution is 6.74. The van der Waals surface area contributed by atoms with Gasteiger partial charge in [0.05, 0.1) is 6.61 Å². The van der Waals surface area contributed by atoms with E-state index in [1.165, 1.54) is 5.56 Å². The molecule has 0 N–H and O–H groups in total. The number of hydrogen-bond donors (Lipinski definition) is 0. The fraction of sp³-hybridized carbons (Fsp3) is 0.667. The highest BCUT2D eigenvalue weighted by atomic mass is 28.4. The topological polar surface area (TPSA) is 25.4 Å². The fourth-order valence-corrected chi connectivity index (χ4v) is 2.49. The van der Waals surface area contributed by atoms with Gasteiger partial charge in [0, 0.05) is 19.8 Å². The van der Waals surface area contributed by atoms with Crippen LogP contribution in [-0.4, -0.2) is 33.5 Å². The van der Waals surface area contributed by atoms with Crippen LogP contribution in [0.3, 0.4) is 0 Å². The smallest absolute Gasteiger partial charge is 0.192 e. The van der Waals surface area contributed by atoms with Gasteiger partial charge in [-0.3, -0.25) is 0 Å². The first-order chi connectivity index (χ1) is 8.63. The van der Waals surface area contributed by atoms with E-state index in [0.717, 1.165) is 19.0 Å². The van der Waals surface area contributed by atoms with E-state index in [4.69, 9.17) is 4.43 Å². The van der Waals surface area contributed by atoms with E-state index in [2.05, 4.69) is 69.9 Å². The highest BCUT2D eigenvalue weighted by Gasteiger charge is 2.36. The summed E-state index contributed by atoms with van der Waals surface area (Å²) in [5.41, 5.74) is 1.19. The molecule has 0 bridgehead atoms. The van der Waals surface area contributed by atoms with Crippen molar-refractivity contribution in [1.82, 2.24) is 4.98 Å². The van der Waals surface area contributed by atoms with E-state index in [-0.39, 0.29) is 5.04 Å². The largest absolute Gasteiger partial charge is 0.415 e. The van der Waals surface area contributed by atoms with Crippen molar-refractivity contribution in [2.24, 2.45) is 0 Å². The number of anilines is 1. The summed E-state index contributed by atoms with van der Waals surface area (Å²) in [6.07, 6.45) is 1.90. The van der Waals surface area contributed by atoms with Gasteiger partial charge in [0.2, 0.25) is 0 Å². The predicted molar refractivity (Wildman–Crippen MR) is 85.4 cm³/mol. The highest BCUT2D eigenvalue weighted by Crippen LogP contribution is 2.36. The average molecular weight is 280 g/mol. The van der Waals surface area contributed by atoms with Crippen LogP contribution in [0.4, 0.5) is 5.82 Å². The SMILES string of the molecule is Cc1ccc(N(C)CCO[Si](C)(C)C(C)(C)C)nc1. The van der Waals surface area contributed by atoms with Crippen LogP contribution in [0.1, 0.15) is 26.3 Å². The van der Waals surface area contributed by atoms with Crippen LogP contribution in [0.25, 0.3) is 0 Å². The minimum atomic E-state index is -1.63. The Morgan fingerprint density at radius 3 is 2.37 bits per heavy atom. The van der Waals surface area contributed by atoms with Crippen molar-refractivity contribution in [2.45, 2.75) is 45.8 Å². The molecular weight excluding hydrogens is 252 g/mol. The Hall–Kier alpha value is -0.873. The van der Waals surface area contributed by atoms with E-state index < -0.39 is 8.32 Å². The quantitative estimate of drug-likeness (QED) is 0.766. The lowest BCUT2D eigenvalue weighted by molar-refractivity contribution is 0.295. The van der Waals surface area contributed by atoms with Crippen LogP contribution < -0.4 is 4.90 Å². The molecule has 0 amide bonds. The van der Waals surface area contributed by atoms with Crippen LogP contribution >= 0.6 is 0 Å². The van der Waals surface area contributed by atoms with Gasteiger partial charge in [0.25, 0.3) is 0 Å². The van der Waals surface area contributed by atoms with Crippen LogP contribution in [0, 0.1) is 6.92 Å². The lowest BCUT2D eigenvalue weighted by Gasteiger charge is -2.36. The third kappa shape index (κ3) is 4.62. The molecule has 0 aromatic carbocycles. The summed E-state index contributed by atoms with van der Waals surface area (Å²) in [4.78, 5) is 6.57. The van der Waals surface area contributed by atoms with Gasteiger partial charge in [-0.2, -0.15) is 0 Å². The van der Waals surface area contributed by atoms with Crippen molar-refractivity contribution in [3.8, 4) is 0 Å². The second-order valence-corrected chi connectivity index (χ2v) is 11.5. The maximum Gasteiger partial charge on any atom is 0.192 e. The second kappa shape index (κ2) is 6.05. The lowest BCUT2D eigenvalue weighted by atomic mass is 10.2. The summed E-state index contributed by atoms with van der Waals surface area (Å²) >= 11 is 0. The molecule has 0 aliphatic heterocycles. The molecule has 0 spiro atoms. The van der Waals surface area contributed by atoms with Crippen molar-refractivity contribution < 1.29 is 4.43 Å². The summed E-state index contributed by atoms with van der Waals surface area (Å²) < 4.78 is 6.18. The Balaban J connectivity index is 2.47. The number of likely N-dealkylation sites (N-methyl/N-ethyl adjacent to an activating group) is 1. The first kappa shape index (κ1) is 16.2. The first-order valence-electron chi connectivity index (χ1n) is 6.91. The Kier molecular flexibility index (Phi) is 5.16. The molecule has 0 radical (unpaired) electrons. The van der Waals surface area contributed by atoms with E-state index in [0.29, 0.717) is 0 Å². The zero-order valence-electron chi connectivity index (χ0n) is 13.4. The monoisotopic (exact) mass is 280 g/mol. The molecule has 1 heterocycles. The van der Waals surface area contributed by atoms with Crippen molar-refractivity contribution >= 4 is 14.1 Å². The minimum absolute atomic E-state index is 0.272. The molecule has 1 aromatic rings. The number of aryl methyl sites for hydroxylation is 1. The Labute approximate surface area is 119 Å². The molecule has 0 atom stereocenters. The van der Waals surface area contributed by atoms with Crippen LogP contribution in [0.15, 0.2) is 18.3 Å². The molecule has 1 aromatic heterocycles. The minimum Gasteiger partial charge on any atom is -0.415 e. The van der Waals surface area contributed by atoms with E-state index in [1.54, 1.807) is 0 Å². The number of aromatic nitrogens is 1. The third-order valence-corrected chi connectivity index (χ3v) is 8.52. The fourth-order valence-electron chi connectivity index (χ4n) is 1.45. The Morgan fingerprint density at radius 2 is 1.89 bits per heavy atom. The van der Waals surface area contributed by atoms with E-state index in [9.17, 15) is 0 Å². The Bertz CT molecular complexity index is 396. The van der Waals surface area contributed by atoms with Gasteiger partial charge >= 0.3 is 0 Å². The molecule has 0 aliphatic carbocycles. The molecule has 19 heavy (non-hydrogen) atoms. The summed E-state index contributed by atoms with van der Waals surface area (Å²) in [5.74, 6) is 1.00. The van der Waals surface area contributed by atoms with Gasteiger partial charge in [0.15, 0.2) is 8.32 Å². The molecule has 108 valence electrons. The van der Waals surface area contributed by atoms with Crippen LogP contribution in [-0.2, 0) is 4.43 Å². The summed E-state index contributed by atoms with van der Waals surface area (Å²) in [7, 11) is 0.433. The number of hydrogen-bond acceptors (Lipinski definition) is 3. The first-order valence-corrected chi connectivity index (χ1v) is 9.82. The molecule has 0 saturated carbocycles. The molecule has 0 aliphatic rings. The van der Waals surface area contributed by atoms with Gasteiger partial charge in [-0.1, -0.05) is 26.8 Å². The van der Waals surface area contributed by atoms with Gasteiger partial charge in [-0.25, -0.2) is 4.98 Å². The third-order valence-electron chi connectivity index (χ3n) is 3.98. The van der Waals surface area contributed by atoms with Gasteiger partial charge in [-0.15, -0.1) is 0 Å². The molecule has 0 fully saturated rings. The average Bonchev–Trinajstić information content (AvgIpc) is 2.28. The zero-order chi connectivity index (χ0) is 14.7. The summed E-state index contributed by atoms with van der Waals surface area (Å²) in [6.45, 7) is 15.1. The van der Waals surface area contributed by atoms with E-state index >= 15 is 0 Å². The summed E-state index contributed by atoms with van der Waals surface area (Å²) in [6, 6.07) is 4.15. The van der Waals surface area contributed by atoms with Crippen LogP contribution in [0.2, 0.25) is 18.1 Å². The molecule has 0 saturated heterocycles. The number of nitrogens with zero attached hydrogens (tertiary/aromatic N) is 2. The maximum absolute atomic E-state index is 6.18. The van der Waals surface area contributed by atoms with Crippen LogP contribution in [0.5, 0.6) is 0 Å². The van der Waals surface area contributed by atoms with E-state index in [1.807, 2.05) is 6.20 Å². The standard InChI is InChI=1S/C15H28N2OSi/c1-13-8-9-14(16-12-13)17(5)10-11-18-19(6,7)15(2,3)4/h8-9,12H,10-11H2,1-7H3. The maximum atomic E-state index is 6.18. The number of rotatable bonds is 5. The van der Waals surface area contributed by atoms with Crippen molar-refractivity contribution in [1.29, 1.82) is 0 Å². The van der Waals surface area contributed by atoms with Gasteiger partial charge in [-0.05, 0) is 36.7 Å². The predicted octanol–water partition coefficient (Wildman–Crippen LogP) is 3.85. The lowest BCUT2D eigenvalue weighted by Crippen LogP contribution is -2.42. The normalized spacial score (nSPS) is 12.6. The van der Waals surface area contributed by atoms with Crippen molar-refractivity contribution in [2.75, 3.05) is 25.1 Å². The van der Waals surface area contributed by atoms with Crippen molar-refractivity contribution in [3.63, 3.8) is 0 Å².